The number of nitrogens with zero attached hydrogens (tertiary/aromatic N) is 2. The SMILES string of the molecule is CCC(C)C(N)C(=O)N1CCN(CC(=O)NCCOC)CC1.Cl.Cl. The van der Waals surface area contributed by atoms with Crippen molar-refractivity contribution < 1.29 is 14.3 Å². The maximum Gasteiger partial charge on any atom is 0.239 e. The number of ether oxygens (including phenoxy) is 1. The van der Waals surface area contributed by atoms with Gasteiger partial charge in [0.1, 0.15) is 0 Å². The van der Waals surface area contributed by atoms with E-state index in [1.807, 2.05) is 18.7 Å². The molecule has 0 aromatic heterocycles. The van der Waals surface area contributed by atoms with Crippen LogP contribution >= 0.6 is 24.8 Å². The van der Waals surface area contributed by atoms with E-state index in [2.05, 4.69) is 10.2 Å². The monoisotopic (exact) mass is 386 g/mol. The molecule has 2 unspecified atom stereocenters. The van der Waals surface area contributed by atoms with Gasteiger partial charge < -0.3 is 20.7 Å². The predicted octanol–water partition coefficient (Wildman–Crippen LogP) is 0.110. The molecule has 1 rings (SSSR count). The maximum absolute atomic E-state index is 12.3. The smallest absolute Gasteiger partial charge is 0.239 e. The van der Waals surface area contributed by atoms with Gasteiger partial charge in [0.25, 0.3) is 0 Å². The van der Waals surface area contributed by atoms with Crippen LogP contribution in [-0.4, -0.2) is 80.6 Å². The Morgan fingerprint density at radius 3 is 2.29 bits per heavy atom. The molecule has 0 bridgehead atoms. The zero-order chi connectivity index (χ0) is 16.5. The third kappa shape index (κ3) is 8.48. The minimum atomic E-state index is -0.422. The number of piperazine rings is 1. The van der Waals surface area contributed by atoms with Crippen molar-refractivity contribution in [3.8, 4) is 0 Å². The van der Waals surface area contributed by atoms with Gasteiger partial charge in [0.05, 0.1) is 19.2 Å². The highest BCUT2D eigenvalue weighted by Gasteiger charge is 2.28. The fourth-order valence-corrected chi connectivity index (χ4v) is 2.39. The van der Waals surface area contributed by atoms with E-state index in [1.165, 1.54) is 0 Å². The Balaban J connectivity index is 0. The molecule has 2 atom stereocenters. The lowest BCUT2D eigenvalue weighted by atomic mass is 9.98. The van der Waals surface area contributed by atoms with Crippen molar-refractivity contribution in [2.45, 2.75) is 26.3 Å². The van der Waals surface area contributed by atoms with Crippen LogP contribution in [0, 0.1) is 5.92 Å². The number of carbonyl (C=O) groups excluding carboxylic acids is 2. The van der Waals surface area contributed by atoms with E-state index in [0.29, 0.717) is 45.9 Å². The highest BCUT2D eigenvalue weighted by Crippen LogP contribution is 2.10. The van der Waals surface area contributed by atoms with Gasteiger partial charge in [-0.3, -0.25) is 14.5 Å². The fourth-order valence-electron chi connectivity index (χ4n) is 2.39. The van der Waals surface area contributed by atoms with E-state index in [9.17, 15) is 9.59 Å². The molecule has 1 fully saturated rings. The third-order valence-electron chi connectivity index (χ3n) is 4.22. The van der Waals surface area contributed by atoms with Gasteiger partial charge in [-0.2, -0.15) is 0 Å². The lowest BCUT2D eigenvalue weighted by Gasteiger charge is -2.36. The van der Waals surface area contributed by atoms with Gasteiger partial charge in [-0.05, 0) is 5.92 Å². The summed E-state index contributed by atoms with van der Waals surface area (Å²) in [7, 11) is 1.60. The van der Waals surface area contributed by atoms with Crippen LogP contribution in [0.25, 0.3) is 0 Å². The van der Waals surface area contributed by atoms with Crippen LogP contribution in [0.3, 0.4) is 0 Å². The number of hydrogen-bond donors (Lipinski definition) is 2. The van der Waals surface area contributed by atoms with Crippen LogP contribution in [-0.2, 0) is 14.3 Å². The van der Waals surface area contributed by atoms with E-state index in [1.54, 1.807) is 7.11 Å². The Labute approximate surface area is 157 Å². The molecule has 0 aliphatic carbocycles. The molecule has 1 heterocycles. The molecule has 2 amide bonds. The van der Waals surface area contributed by atoms with Crippen molar-refractivity contribution in [2.75, 3.05) is 53.0 Å². The molecule has 7 nitrogen and oxygen atoms in total. The highest BCUT2D eigenvalue weighted by molar-refractivity contribution is 5.85. The Hall–Kier alpha value is -0.600. The second-order valence-corrected chi connectivity index (χ2v) is 5.86. The van der Waals surface area contributed by atoms with Crippen LogP contribution in [0.15, 0.2) is 0 Å². The highest BCUT2D eigenvalue weighted by atomic mass is 35.5. The van der Waals surface area contributed by atoms with Crippen molar-refractivity contribution in [2.24, 2.45) is 11.7 Å². The molecule has 24 heavy (non-hydrogen) atoms. The molecule has 0 saturated carbocycles. The third-order valence-corrected chi connectivity index (χ3v) is 4.22. The molecule has 0 spiro atoms. The molecule has 1 aliphatic rings. The first-order valence-corrected chi connectivity index (χ1v) is 8.02. The summed E-state index contributed by atoms with van der Waals surface area (Å²) in [6, 6.07) is -0.422. The summed E-state index contributed by atoms with van der Waals surface area (Å²) in [5.74, 6) is 0.212. The first-order valence-electron chi connectivity index (χ1n) is 8.02. The average Bonchev–Trinajstić information content (AvgIpc) is 2.53. The van der Waals surface area contributed by atoms with Gasteiger partial charge in [0.2, 0.25) is 11.8 Å². The Morgan fingerprint density at radius 1 is 1.21 bits per heavy atom. The Kier molecular flexibility index (Phi) is 14.6. The van der Waals surface area contributed by atoms with Crippen molar-refractivity contribution in [3.05, 3.63) is 0 Å². The molecule has 9 heteroatoms. The topological polar surface area (TPSA) is 87.9 Å². The van der Waals surface area contributed by atoms with Gasteiger partial charge in [-0.15, -0.1) is 24.8 Å². The lowest BCUT2D eigenvalue weighted by Crippen LogP contribution is -2.55. The summed E-state index contributed by atoms with van der Waals surface area (Å²) in [6.07, 6.45) is 0.897. The van der Waals surface area contributed by atoms with E-state index in [-0.39, 0.29) is 42.5 Å². The second kappa shape index (κ2) is 13.7. The summed E-state index contributed by atoms with van der Waals surface area (Å²) in [4.78, 5) is 27.9. The van der Waals surface area contributed by atoms with E-state index in [0.717, 1.165) is 6.42 Å². The first kappa shape index (κ1) is 25.6. The van der Waals surface area contributed by atoms with E-state index < -0.39 is 6.04 Å². The van der Waals surface area contributed by atoms with Crippen LogP contribution in [0.5, 0.6) is 0 Å². The fraction of sp³-hybridized carbons (Fsp3) is 0.867. The average molecular weight is 387 g/mol. The van der Waals surface area contributed by atoms with Crippen molar-refractivity contribution in [1.29, 1.82) is 0 Å². The van der Waals surface area contributed by atoms with Crippen molar-refractivity contribution in [1.82, 2.24) is 15.1 Å². The second-order valence-electron chi connectivity index (χ2n) is 5.86. The van der Waals surface area contributed by atoms with Gasteiger partial charge in [0.15, 0.2) is 0 Å². The first-order chi connectivity index (χ1) is 10.5. The largest absolute Gasteiger partial charge is 0.383 e. The van der Waals surface area contributed by atoms with E-state index in [4.69, 9.17) is 10.5 Å². The molecule has 144 valence electrons. The normalized spacial score (nSPS) is 17.2. The molecule has 0 aromatic carbocycles. The number of carbonyl (C=O) groups is 2. The molecule has 1 aliphatic heterocycles. The lowest BCUT2D eigenvalue weighted by molar-refractivity contribution is -0.135. The van der Waals surface area contributed by atoms with Crippen LogP contribution < -0.4 is 11.1 Å². The summed E-state index contributed by atoms with van der Waals surface area (Å²) in [5, 5.41) is 2.80. The summed E-state index contributed by atoms with van der Waals surface area (Å²) >= 11 is 0. The molecule has 0 aromatic rings. The number of halogens is 2. The predicted molar refractivity (Wildman–Crippen MR) is 99.8 cm³/mol. The van der Waals surface area contributed by atoms with Crippen LogP contribution in [0.2, 0.25) is 0 Å². The Bertz CT molecular complexity index is 367. The number of rotatable bonds is 8. The minimum Gasteiger partial charge on any atom is -0.383 e. The van der Waals surface area contributed by atoms with Gasteiger partial charge in [-0.1, -0.05) is 20.3 Å². The summed E-state index contributed by atoms with van der Waals surface area (Å²) < 4.78 is 4.89. The number of nitrogens with two attached hydrogens (primary N) is 1. The van der Waals surface area contributed by atoms with Crippen LogP contribution in [0.1, 0.15) is 20.3 Å². The van der Waals surface area contributed by atoms with Crippen molar-refractivity contribution in [3.63, 3.8) is 0 Å². The van der Waals surface area contributed by atoms with Gasteiger partial charge in [-0.25, -0.2) is 0 Å². The van der Waals surface area contributed by atoms with Crippen LogP contribution in [0.4, 0.5) is 0 Å². The zero-order valence-electron chi connectivity index (χ0n) is 14.8. The molecule has 1 saturated heterocycles. The molecule has 3 N–H and O–H groups in total. The quantitative estimate of drug-likeness (QED) is 0.578. The standard InChI is InChI=1S/C15H30N4O3.2ClH/c1-4-12(2)14(16)15(21)19-8-6-18(7-9-19)11-13(20)17-5-10-22-3;;/h12,14H,4-11,16H2,1-3H3,(H,17,20);2*1H. The minimum absolute atomic E-state index is 0. The molecular formula is C15H32Cl2N4O3. The number of amides is 2. The van der Waals surface area contributed by atoms with E-state index >= 15 is 0 Å². The summed E-state index contributed by atoms with van der Waals surface area (Å²) in [5.41, 5.74) is 6.00. The maximum atomic E-state index is 12.3. The summed E-state index contributed by atoms with van der Waals surface area (Å²) in [6.45, 7) is 8.12. The van der Waals surface area contributed by atoms with Gasteiger partial charge in [0, 0.05) is 39.8 Å². The zero-order valence-corrected chi connectivity index (χ0v) is 16.5. The number of nitrogens with one attached hydrogen (secondary N) is 1. The van der Waals surface area contributed by atoms with Crippen molar-refractivity contribution >= 4 is 36.6 Å². The number of hydrogen-bond acceptors (Lipinski definition) is 5. The molecular weight excluding hydrogens is 355 g/mol. The van der Waals surface area contributed by atoms with Gasteiger partial charge >= 0.3 is 0 Å². The number of methoxy groups -OCH3 is 1. The Morgan fingerprint density at radius 2 is 1.79 bits per heavy atom. The molecule has 0 radical (unpaired) electrons.